The summed E-state index contributed by atoms with van der Waals surface area (Å²) >= 11 is 0. The number of aromatic nitrogens is 2. The summed E-state index contributed by atoms with van der Waals surface area (Å²) in [5, 5.41) is 13.8. The minimum Gasteiger partial charge on any atom is -0.372 e. The first-order valence-electron chi connectivity index (χ1n) is 9.70. The number of piperidine rings is 1. The molecule has 2 heterocycles. The van der Waals surface area contributed by atoms with Gasteiger partial charge in [-0.25, -0.2) is 4.39 Å². The fourth-order valence-corrected chi connectivity index (χ4v) is 3.34. The standard InChI is InChI=1S/C22H22FN5O/c23-16-5-4-6-18(15-16)25-22(29)20-11-12-21(27-26-20)24-17-7-9-19(10-8-17)28-13-2-1-3-14-28/h4-12,15H,1-3,13-14H2,(H,24,27)(H,25,29). The van der Waals surface area contributed by atoms with E-state index < -0.39 is 11.7 Å². The van der Waals surface area contributed by atoms with Crippen molar-refractivity contribution in [3.8, 4) is 0 Å². The Kier molecular flexibility index (Phi) is 5.65. The smallest absolute Gasteiger partial charge is 0.276 e. The molecule has 1 aromatic heterocycles. The minimum absolute atomic E-state index is 0.153. The highest BCUT2D eigenvalue weighted by Gasteiger charge is 2.11. The van der Waals surface area contributed by atoms with Gasteiger partial charge in [-0.05, 0) is 73.9 Å². The summed E-state index contributed by atoms with van der Waals surface area (Å²) in [6, 6.07) is 17.2. The van der Waals surface area contributed by atoms with Crippen LogP contribution in [0.4, 0.5) is 27.3 Å². The van der Waals surface area contributed by atoms with E-state index in [2.05, 4.69) is 37.9 Å². The highest BCUT2D eigenvalue weighted by atomic mass is 19.1. The van der Waals surface area contributed by atoms with Gasteiger partial charge in [-0.15, -0.1) is 10.2 Å². The summed E-state index contributed by atoms with van der Waals surface area (Å²) in [5.41, 5.74) is 2.65. The fourth-order valence-electron chi connectivity index (χ4n) is 3.34. The number of nitrogens with one attached hydrogen (secondary N) is 2. The molecule has 1 aliphatic heterocycles. The summed E-state index contributed by atoms with van der Waals surface area (Å²) in [6.45, 7) is 2.22. The zero-order valence-electron chi connectivity index (χ0n) is 15.9. The van der Waals surface area contributed by atoms with Crippen molar-refractivity contribution in [3.63, 3.8) is 0 Å². The van der Waals surface area contributed by atoms with Gasteiger partial charge in [-0.2, -0.15) is 0 Å². The molecule has 3 aromatic rings. The summed E-state index contributed by atoms with van der Waals surface area (Å²) in [7, 11) is 0. The molecule has 1 aliphatic rings. The molecule has 0 saturated carbocycles. The Morgan fingerprint density at radius 1 is 0.897 bits per heavy atom. The molecule has 1 fully saturated rings. The molecule has 7 heteroatoms. The van der Waals surface area contributed by atoms with E-state index in [4.69, 9.17) is 0 Å². The van der Waals surface area contributed by atoms with E-state index in [-0.39, 0.29) is 5.69 Å². The third-order valence-electron chi connectivity index (χ3n) is 4.84. The summed E-state index contributed by atoms with van der Waals surface area (Å²) < 4.78 is 13.2. The lowest BCUT2D eigenvalue weighted by Crippen LogP contribution is -2.29. The average molecular weight is 391 g/mol. The van der Waals surface area contributed by atoms with Crippen LogP contribution < -0.4 is 15.5 Å². The molecule has 29 heavy (non-hydrogen) atoms. The van der Waals surface area contributed by atoms with Crippen molar-refractivity contribution in [1.29, 1.82) is 0 Å². The lowest BCUT2D eigenvalue weighted by Gasteiger charge is -2.28. The predicted octanol–water partition coefficient (Wildman–Crippen LogP) is 4.60. The van der Waals surface area contributed by atoms with Gasteiger partial charge in [-0.3, -0.25) is 4.79 Å². The van der Waals surface area contributed by atoms with Gasteiger partial charge in [0.25, 0.3) is 5.91 Å². The lowest BCUT2D eigenvalue weighted by molar-refractivity contribution is 0.102. The summed E-state index contributed by atoms with van der Waals surface area (Å²) in [4.78, 5) is 14.6. The Bertz CT molecular complexity index is 969. The first-order valence-corrected chi connectivity index (χ1v) is 9.70. The maximum atomic E-state index is 13.2. The van der Waals surface area contributed by atoms with Gasteiger partial charge in [0.2, 0.25) is 0 Å². The third-order valence-corrected chi connectivity index (χ3v) is 4.84. The number of hydrogen-bond acceptors (Lipinski definition) is 5. The second-order valence-electron chi connectivity index (χ2n) is 6.99. The van der Waals surface area contributed by atoms with Gasteiger partial charge in [0, 0.05) is 30.2 Å². The van der Waals surface area contributed by atoms with Crippen LogP contribution in [0.25, 0.3) is 0 Å². The maximum Gasteiger partial charge on any atom is 0.276 e. The maximum absolute atomic E-state index is 13.2. The van der Waals surface area contributed by atoms with Crippen molar-refractivity contribution >= 4 is 28.8 Å². The normalized spacial score (nSPS) is 13.8. The molecule has 4 rings (SSSR count). The molecule has 1 amide bonds. The highest BCUT2D eigenvalue weighted by molar-refractivity contribution is 6.02. The topological polar surface area (TPSA) is 70.2 Å². The summed E-state index contributed by atoms with van der Waals surface area (Å²) in [6.07, 6.45) is 3.80. The monoisotopic (exact) mass is 391 g/mol. The number of hydrogen-bond donors (Lipinski definition) is 2. The average Bonchev–Trinajstić information content (AvgIpc) is 2.75. The molecule has 1 saturated heterocycles. The van der Waals surface area contributed by atoms with E-state index in [1.54, 1.807) is 18.2 Å². The molecule has 0 aliphatic carbocycles. The van der Waals surface area contributed by atoms with Gasteiger partial charge >= 0.3 is 0 Å². The SMILES string of the molecule is O=C(Nc1cccc(F)c1)c1ccc(Nc2ccc(N3CCCCC3)cc2)nn1. The van der Waals surface area contributed by atoms with Crippen LogP contribution in [0, 0.1) is 5.82 Å². The van der Waals surface area contributed by atoms with Crippen LogP contribution in [-0.2, 0) is 0 Å². The number of nitrogens with zero attached hydrogens (tertiary/aromatic N) is 3. The number of rotatable bonds is 5. The molecule has 2 aromatic carbocycles. The van der Waals surface area contributed by atoms with Gasteiger partial charge in [0.15, 0.2) is 11.5 Å². The Morgan fingerprint density at radius 2 is 1.69 bits per heavy atom. The Hall–Kier alpha value is -3.48. The van der Waals surface area contributed by atoms with E-state index in [0.29, 0.717) is 11.5 Å². The van der Waals surface area contributed by atoms with Crippen LogP contribution in [0.1, 0.15) is 29.8 Å². The Balaban J connectivity index is 1.37. The van der Waals surface area contributed by atoms with Crippen LogP contribution in [0.2, 0.25) is 0 Å². The number of amides is 1. The molecule has 0 atom stereocenters. The molecule has 6 nitrogen and oxygen atoms in total. The Labute approximate surface area is 168 Å². The van der Waals surface area contributed by atoms with E-state index in [9.17, 15) is 9.18 Å². The van der Waals surface area contributed by atoms with Crippen LogP contribution in [0.3, 0.4) is 0 Å². The van der Waals surface area contributed by atoms with Gasteiger partial charge < -0.3 is 15.5 Å². The molecule has 0 radical (unpaired) electrons. The van der Waals surface area contributed by atoms with Crippen LogP contribution in [0.15, 0.2) is 60.7 Å². The Morgan fingerprint density at radius 3 is 2.38 bits per heavy atom. The zero-order chi connectivity index (χ0) is 20.1. The molecule has 0 bridgehead atoms. The first-order chi connectivity index (χ1) is 14.2. The van der Waals surface area contributed by atoms with Crippen molar-refractivity contribution in [2.75, 3.05) is 28.6 Å². The molecular formula is C22H22FN5O. The van der Waals surface area contributed by atoms with E-state index in [0.717, 1.165) is 18.8 Å². The fraction of sp³-hybridized carbons (Fsp3) is 0.227. The van der Waals surface area contributed by atoms with Crippen molar-refractivity contribution in [3.05, 3.63) is 72.2 Å². The molecular weight excluding hydrogens is 369 g/mol. The number of anilines is 4. The van der Waals surface area contributed by atoms with E-state index in [1.807, 2.05) is 12.1 Å². The van der Waals surface area contributed by atoms with Crippen molar-refractivity contribution < 1.29 is 9.18 Å². The zero-order valence-corrected chi connectivity index (χ0v) is 15.9. The third kappa shape index (κ3) is 4.87. The minimum atomic E-state index is -0.444. The van der Waals surface area contributed by atoms with Crippen LogP contribution in [0.5, 0.6) is 0 Å². The highest BCUT2D eigenvalue weighted by Crippen LogP contribution is 2.23. The van der Waals surface area contributed by atoms with Crippen molar-refractivity contribution in [2.45, 2.75) is 19.3 Å². The number of carbonyl (C=O) groups excluding carboxylic acids is 1. The van der Waals surface area contributed by atoms with Crippen molar-refractivity contribution in [2.24, 2.45) is 0 Å². The van der Waals surface area contributed by atoms with Crippen LogP contribution >= 0.6 is 0 Å². The second kappa shape index (κ2) is 8.68. The van der Waals surface area contributed by atoms with Crippen LogP contribution in [-0.4, -0.2) is 29.2 Å². The van der Waals surface area contributed by atoms with Gasteiger partial charge in [0.05, 0.1) is 0 Å². The molecule has 2 N–H and O–H groups in total. The second-order valence-corrected chi connectivity index (χ2v) is 6.99. The largest absolute Gasteiger partial charge is 0.372 e. The lowest BCUT2D eigenvalue weighted by atomic mass is 10.1. The summed E-state index contributed by atoms with van der Waals surface area (Å²) in [5.74, 6) is -0.321. The van der Waals surface area contributed by atoms with Gasteiger partial charge in [0.1, 0.15) is 5.82 Å². The number of benzene rings is 2. The van der Waals surface area contributed by atoms with E-state index in [1.165, 1.54) is 43.1 Å². The molecule has 0 spiro atoms. The van der Waals surface area contributed by atoms with E-state index >= 15 is 0 Å². The number of halogens is 1. The quantitative estimate of drug-likeness (QED) is 0.665. The predicted molar refractivity (Wildman–Crippen MR) is 112 cm³/mol. The first kappa shape index (κ1) is 18.9. The molecule has 0 unspecified atom stereocenters. The number of carbonyl (C=O) groups is 1. The van der Waals surface area contributed by atoms with Gasteiger partial charge in [-0.1, -0.05) is 6.07 Å². The molecule has 148 valence electrons. The van der Waals surface area contributed by atoms with Crippen molar-refractivity contribution in [1.82, 2.24) is 10.2 Å².